The number of rotatable bonds is 2. The highest BCUT2D eigenvalue weighted by Gasteiger charge is 2.17. The van der Waals surface area contributed by atoms with E-state index in [0.717, 1.165) is 0 Å². The van der Waals surface area contributed by atoms with Gasteiger partial charge in [0.25, 0.3) is 0 Å². The molecule has 0 radical (unpaired) electrons. The highest BCUT2D eigenvalue weighted by molar-refractivity contribution is 6.03. The predicted octanol–water partition coefficient (Wildman–Crippen LogP) is -3.43. The van der Waals surface area contributed by atoms with E-state index in [1.54, 1.807) is 0 Å². The predicted molar refractivity (Wildman–Crippen MR) is 52.5 cm³/mol. The van der Waals surface area contributed by atoms with Crippen molar-refractivity contribution >= 4 is 11.7 Å². The summed E-state index contributed by atoms with van der Waals surface area (Å²) in [4.78, 5) is 0.317. The Hall–Kier alpha value is -3.32. The van der Waals surface area contributed by atoms with Crippen molar-refractivity contribution in [3.05, 3.63) is 22.1 Å². The Morgan fingerprint density at radius 2 is 1.22 bits per heavy atom. The lowest BCUT2D eigenvalue weighted by molar-refractivity contribution is 0.777. The molecule has 0 spiro atoms. The molecule has 14 heteroatoms. The van der Waals surface area contributed by atoms with E-state index < -0.39 is 0 Å². The first-order chi connectivity index (χ1) is 8.75. The van der Waals surface area contributed by atoms with E-state index in [0.29, 0.717) is 0 Å². The molecule has 0 fully saturated rings. The molecule has 0 amide bonds. The first-order valence-corrected chi connectivity index (χ1v) is 4.35. The maximum absolute atomic E-state index is 11.1. The van der Waals surface area contributed by atoms with E-state index >= 15 is 0 Å². The van der Waals surface area contributed by atoms with E-state index in [-0.39, 0.29) is 33.0 Å². The Bertz CT molecular complexity index is 580. The molecule has 1 aliphatic heterocycles. The van der Waals surface area contributed by atoms with Crippen molar-refractivity contribution < 1.29 is 0 Å². The zero-order chi connectivity index (χ0) is 12.5. The fourth-order valence-corrected chi connectivity index (χ4v) is 1.10. The maximum Gasteiger partial charge on any atom is 0.217 e. The number of aromatic nitrogens is 8. The summed E-state index contributed by atoms with van der Waals surface area (Å²) in [5.41, 5.74) is 4.78. The van der Waals surface area contributed by atoms with Crippen LogP contribution >= 0.6 is 0 Å². The quantitative estimate of drug-likeness (QED) is 0.543. The monoisotopic (exact) mass is 250 g/mol. The molecule has 0 unspecified atom stereocenters. The zero-order valence-corrected chi connectivity index (χ0v) is 8.29. The summed E-state index contributed by atoms with van der Waals surface area (Å²) in [6, 6.07) is 0. The van der Waals surface area contributed by atoms with E-state index in [1.165, 1.54) is 0 Å². The van der Waals surface area contributed by atoms with Crippen LogP contribution in [0, 0.1) is 10.4 Å². The Balaban J connectivity index is 1.83. The minimum absolute atomic E-state index is 0.0105. The summed E-state index contributed by atoms with van der Waals surface area (Å²) in [7, 11) is 0. The number of hydrazone groups is 2. The summed E-state index contributed by atoms with van der Waals surface area (Å²) in [5.74, 6) is -0.369. The van der Waals surface area contributed by atoms with Gasteiger partial charge in [0.15, 0.2) is 0 Å². The van der Waals surface area contributed by atoms with E-state index in [4.69, 9.17) is 0 Å². The largest absolute Gasteiger partial charge is 0.787 e. The van der Waals surface area contributed by atoms with Crippen molar-refractivity contribution in [2.24, 2.45) is 10.2 Å². The third kappa shape index (κ3) is 1.44. The van der Waals surface area contributed by atoms with Crippen LogP contribution in [0.2, 0.25) is 0 Å². The molecule has 92 valence electrons. The fourth-order valence-electron chi connectivity index (χ4n) is 1.10. The lowest BCUT2D eigenvalue weighted by Gasteiger charge is -2.15. The summed E-state index contributed by atoms with van der Waals surface area (Å²) in [5, 5.41) is 48.9. The van der Waals surface area contributed by atoms with Gasteiger partial charge in [-0.1, -0.05) is 0 Å². The van der Waals surface area contributed by atoms with Crippen LogP contribution in [0.1, 0.15) is 11.6 Å². The molecule has 14 nitrogen and oxygen atoms in total. The molecule has 3 rings (SSSR count). The first-order valence-electron chi connectivity index (χ1n) is 4.35. The Labute approximate surface area is 96.5 Å². The van der Waals surface area contributed by atoms with Gasteiger partial charge >= 0.3 is 0 Å². The van der Waals surface area contributed by atoms with Gasteiger partial charge in [0, 0.05) is 0 Å². The van der Waals surface area contributed by atoms with Gasteiger partial charge in [-0.05, 0) is 20.9 Å². The molecule has 0 aliphatic carbocycles. The Kier molecular flexibility index (Phi) is 1.98. The molecule has 2 N–H and O–H groups in total. The van der Waals surface area contributed by atoms with E-state index in [1.807, 2.05) is 0 Å². The zero-order valence-electron chi connectivity index (χ0n) is 8.29. The third-order valence-electron chi connectivity index (χ3n) is 1.85. The molecular weight excluding hydrogens is 248 g/mol. The number of hydrogen-bond acceptors (Lipinski definition) is 12. The Morgan fingerprint density at radius 3 is 1.50 bits per heavy atom. The van der Waals surface area contributed by atoms with Gasteiger partial charge < -0.3 is 10.4 Å². The molecule has 0 atom stereocenters. The smallest absolute Gasteiger partial charge is 0.217 e. The van der Waals surface area contributed by atoms with Crippen molar-refractivity contribution in [2.45, 2.75) is 0 Å². The Morgan fingerprint density at radius 1 is 0.778 bits per heavy atom. The van der Waals surface area contributed by atoms with Crippen LogP contribution in [-0.2, 0) is 0 Å². The maximum atomic E-state index is 11.1. The SMILES string of the molecule is [O-]n1nnnc1C1=NNC(c2nnnn2[O-])=NN1. The van der Waals surface area contributed by atoms with Crippen LogP contribution in [0.4, 0.5) is 0 Å². The third-order valence-corrected chi connectivity index (χ3v) is 1.85. The topological polar surface area (TPSA) is 182 Å². The molecule has 3 heterocycles. The van der Waals surface area contributed by atoms with Crippen molar-refractivity contribution in [3.63, 3.8) is 0 Å². The first kappa shape index (κ1) is 9.87. The van der Waals surface area contributed by atoms with Gasteiger partial charge in [0.05, 0.1) is 0 Å². The highest BCUT2D eigenvalue weighted by Crippen LogP contribution is 1.98. The van der Waals surface area contributed by atoms with Crippen molar-refractivity contribution in [3.8, 4) is 0 Å². The van der Waals surface area contributed by atoms with Crippen LogP contribution in [0.3, 0.4) is 0 Å². The average Bonchev–Trinajstić information content (AvgIpc) is 2.98. The number of tetrazole rings is 2. The average molecular weight is 250 g/mol. The molecule has 18 heavy (non-hydrogen) atoms. The molecule has 2 aromatic heterocycles. The molecule has 0 bridgehead atoms. The van der Waals surface area contributed by atoms with Gasteiger partial charge in [0.1, 0.15) is 0 Å². The molecule has 0 saturated heterocycles. The lowest BCUT2D eigenvalue weighted by atomic mass is 10.5. The summed E-state index contributed by atoms with van der Waals surface area (Å²) >= 11 is 0. The van der Waals surface area contributed by atoms with Gasteiger partial charge in [-0.15, -0.1) is 10.2 Å². The van der Waals surface area contributed by atoms with Gasteiger partial charge in [-0.3, -0.25) is 20.5 Å². The van der Waals surface area contributed by atoms with E-state index in [2.05, 4.69) is 52.1 Å². The van der Waals surface area contributed by atoms with Gasteiger partial charge in [0.2, 0.25) is 23.3 Å². The second-order valence-corrected chi connectivity index (χ2v) is 2.90. The molecule has 1 aliphatic rings. The molecular formula is C4H2N12O2-2. The molecule has 2 aromatic rings. The van der Waals surface area contributed by atoms with Crippen molar-refractivity contribution in [1.29, 1.82) is 0 Å². The van der Waals surface area contributed by atoms with Crippen LogP contribution in [0.15, 0.2) is 10.2 Å². The highest BCUT2D eigenvalue weighted by atomic mass is 16.5. The normalized spacial score (nSPS) is 14.4. The number of amidine groups is 2. The second-order valence-electron chi connectivity index (χ2n) is 2.90. The van der Waals surface area contributed by atoms with Crippen molar-refractivity contribution in [1.82, 2.24) is 51.6 Å². The number of nitrogens with one attached hydrogen (secondary N) is 2. The summed E-state index contributed by atoms with van der Waals surface area (Å²) in [6.45, 7) is 0. The minimum atomic E-state index is -0.174. The summed E-state index contributed by atoms with van der Waals surface area (Å²) in [6.07, 6.45) is 0. The number of nitrogens with zero attached hydrogens (tertiary/aromatic N) is 10. The van der Waals surface area contributed by atoms with Gasteiger partial charge in [-0.2, -0.15) is 10.2 Å². The minimum Gasteiger partial charge on any atom is -0.787 e. The van der Waals surface area contributed by atoms with Crippen LogP contribution in [-0.4, -0.2) is 52.4 Å². The summed E-state index contributed by atoms with van der Waals surface area (Å²) < 4.78 is 0. The van der Waals surface area contributed by atoms with Crippen LogP contribution < -0.4 is 10.9 Å². The standard InChI is InChI=1S/C4H2N12O2/c17-15-3(9-11-13-15)1-5-7-2(8-6-1)4-10-12-14-16(4)18/h(H,5,6)(H,7,8)/q-2. The van der Waals surface area contributed by atoms with Crippen LogP contribution in [0.5, 0.6) is 0 Å². The van der Waals surface area contributed by atoms with Crippen molar-refractivity contribution in [2.75, 3.05) is 0 Å². The van der Waals surface area contributed by atoms with Crippen LogP contribution in [0.25, 0.3) is 0 Å². The molecule has 0 aromatic carbocycles. The second kappa shape index (κ2) is 3.61. The van der Waals surface area contributed by atoms with E-state index in [9.17, 15) is 10.4 Å². The lowest BCUT2D eigenvalue weighted by Crippen LogP contribution is -2.37. The fraction of sp³-hybridized carbons (Fsp3) is 0. The van der Waals surface area contributed by atoms with Gasteiger partial charge in [-0.25, -0.2) is 0 Å². The number of hydrogen-bond donors (Lipinski definition) is 2. The molecule has 0 saturated carbocycles.